The van der Waals surface area contributed by atoms with Crippen molar-refractivity contribution >= 4 is 6.21 Å². The average Bonchev–Trinajstić information content (AvgIpc) is 2.20. The maximum atomic E-state index is 4.67. The van der Waals surface area contributed by atoms with Gasteiger partial charge in [-0.2, -0.15) is 0 Å². The standard InChI is InChI=1S/C10H18N2O/c1-13-11-5-2-10-8-12-6-3-9(10)4-7-12/h5,9-10H,2-4,6-8H2,1H3. The van der Waals surface area contributed by atoms with Crippen LogP contribution in [0, 0.1) is 11.8 Å². The predicted molar refractivity (Wildman–Crippen MR) is 52.8 cm³/mol. The Bertz CT molecular complexity index is 185. The van der Waals surface area contributed by atoms with E-state index in [1.807, 2.05) is 6.21 Å². The van der Waals surface area contributed by atoms with Crippen LogP contribution >= 0.6 is 0 Å². The first-order chi connectivity index (χ1) is 6.40. The SMILES string of the molecule is CON=CCC1CN2CCC1CC2. The summed E-state index contributed by atoms with van der Waals surface area (Å²) in [6.45, 7) is 3.92. The third-order valence-electron chi connectivity index (χ3n) is 3.38. The van der Waals surface area contributed by atoms with Crippen LogP contribution in [-0.4, -0.2) is 37.9 Å². The maximum absolute atomic E-state index is 4.67. The zero-order valence-electron chi connectivity index (χ0n) is 8.28. The highest BCUT2D eigenvalue weighted by molar-refractivity contribution is 5.56. The molecule has 1 unspecified atom stereocenters. The van der Waals surface area contributed by atoms with Gasteiger partial charge in [0.1, 0.15) is 7.11 Å². The van der Waals surface area contributed by atoms with Crippen molar-refractivity contribution in [3.63, 3.8) is 0 Å². The van der Waals surface area contributed by atoms with Gasteiger partial charge in [-0.25, -0.2) is 0 Å². The van der Waals surface area contributed by atoms with Crippen LogP contribution in [-0.2, 0) is 4.84 Å². The zero-order valence-corrected chi connectivity index (χ0v) is 8.28. The van der Waals surface area contributed by atoms with Gasteiger partial charge in [0, 0.05) is 12.8 Å². The molecule has 0 N–H and O–H groups in total. The van der Waals surface area contributed by atoms with Gasteiger partial charge >= 0.3 is 0 Å². The van der Waals surface area contributed by atoms with Crippen molar-refractivity contribution < 1.29 is 4.84 Å². The number of rotatable bonds is 3. The van der Waals surface area contributed by atoms with Crippen LogP contribution in [0.25, 0.3) is 0 Å². The van der Waals surface area contributed by atoms with Crippen molar-refractivity contribution in [2.24, 2.45) is 17.0 Å². The number of oxime groups is 1. The highest BCUT2D eigenvalue weighted by atomic mass is 16.6. The zero-order chi connectivity index (χ0) is 9.10. The molecule has 0 saturated carbocycles. The Hall–Kier alpha value is -0.570. The van der Waals surface area contributed by atoms with Crippen LogP contribution in [0.1, 0.15) is 19.3 Å². The van der Waals surface area contributed by atoms with Crippen LogP contribution in [0.2, 0.25) is 0 Å². The van der Waals surface area contributed by atoms with Gasteiger partial charge in [-0.3, -0.25) is 0 Å². The van der Waals surface area contributed by atoms with Gasteiger partial charge in [0.2, 0.25) is 0 Å². The summed E-state index contributed by atoms with van der Waals surface area (Å²) in [5.41, 5.74) is 0. The summed E-state index contributed by atoms with van der Waals surface area (Å²) in [6.07, 6.45) is 5.80. The lowest BCUT2D eigenvalue weighted by molar-refractivity contribution is 0.0547. The molecule has 0 radical (unpaired) electrons. The topological polar surface area (TPSA) is 24.8 Å². The van der Waals surface area contributed by atoms with Crippen molar-refractivity contribution in [1.29, 1.82) is 0 Å². The highest BCUT2D eigenvalue weighted by Gasteiger charge is 2.33. The summed E-state index contributed by atoms with van der Waals surface area (Å²) in [5, 5.41) is 3.81. The first-order valence-electron chi connectivity index (χ1n) is 5.17. The number of nitrogens with zero attached hydrogens (tertiary/aromatic N) is 2. The van der Waals surface area contributed by atoms with Crippen LogP contribution < -0.4 is 0 Å². The van der Waals surface area contributed by atoms with E-state index < -0.39 is 0 Å². The molecule has 0 aromatic heterocycles. The summed E-state index contributed by atoms with van der Waals surface area (Å²) in [7, 11) is 1.60. The Labute approximate surface area is 79.7 Å². The van der Waals surface area contributed by atoms with Gasteiger partial charge in [-0.1, -0.05) is 5.16 Å². The maximum Gasteiger partial charge on any atom is 0.106 e. The molecule has 0 amide bonds. The van der Waals surface area contributed by atoms with E-state index in [9.17, 15) is 0 Å². The van der Waals surface area contributed by atoms with Crippen molar-refractivity contribution in [3.8, 4) is 0 Å². The fourth-order valence-electron chi connectivity index (χ4n) is 2.61. The van der Waals surface area contributed by atoms with E-state index in [1.165, 1.54) is 32.5 Å². The lowest BCUT2D eigenvalue weighted by Crippen LogP contribution is -2.47. The lowest BCUT2D eigenvalue weighted by Gasteiger charge is -2.44. The second kappa shape index (κ2) is 4.09. The molecule has 3 aliphatic heterocycles. The third kappa shape index (κ3) is 2.02. The molecule has 3 heterocycles. The van der Waals surface area contributed by atoms with E-state index >= 15 is 0 Å². The molecule has 3 nitrogen and oxygen atoms in total. The minimum atomic E-state index is 0.835. The van der Waals surface area contributed by atoms with Crippen LogP contribution in [0.15, 0.2) is 5.16 Å². The summed E-state index contributed by atoms with van der Waals surface area (Å²) >= 11 is 0. The van der Waals surface area contributed by atoms with E-state index in [-0.39, 0.29) is 0 Å². The lowest BCUT2D eigenvalue weighted by atomic mass is 9.78. The van der Waals surface area contributed by atoms with Gasteiger partial charge in [-0.05, 0) is 44.2 Å². The van der Waals surface area contributed by atoms with Gasteiger partial charge in [0.15, 0.2) is 0 Å². The normalized spacial score (nSPS) is 38.4. The van der Waals surface area contributed by atoms with Gasteiger partial charge in [0.05, 0.1) is 0 Å². The summed E-state index contributed by atoms with van der Waals surface area (Å²) in [6, 6.07) is 0. The Kier molecular flexibility index (Phi) is 2.83. The van der Waals surface area contributed by atoms with Crippen LogP contribution in [0.3, 0.4) is 0 Å². The van der Waals surface area contributed by atoms with E-state index in [0.717, 1.165) is 18.3 Å². The molecule has 0 aromatic rings. The van der Waals surface area contributed by atoms with Gasteiger partial charge in [0.25, 0.3) is 0 Å². The first kappa shape index (κ1) is 9.00. The molecule has 3 rings (SSSR count). The van der Waals surface area contributed by atoms with Crippen molar-refractivity contribution in [2.45, 2.75) is 19.3 Å². The van der Waals surface area contributed by atoms with Crippen molar-refractivity contribution in [1.82, 2.24) is 4.90 Å². The van der Waals surface area contributed by atoms with E-state index in [0.29, 0.717) is 0 Å². The number of hydrogen-bond acceptors (Lipinski definition) is 3. The van der Waals surface area contributed by atoms with Crippen molar-refractivity contribution in [3.05, 3.63) is 0 Å². The first-order valence-corrected chi connectivity index (χ1v) is 5.17. The molecule has 13 heavy (non-hydrogen) atoms. The number of fused-ring (bicyclic) bond motifs is 3. The molecule has 3 fully saturated rings. The minimum absolute atomic E-state index is 0.835. The monoisotopic (exact) mass is 182 g/mol. The Balaban J connectivity index is 1.83. The van der Waals surface area contributed by atoms with Crippen LogP contribution in [0.4, 0.5) is 0 Å². The smallest absolute Gasteiger partial charge is 0.106 e. The molecule has 0 spiro atoms. The fraction of sp³-hybridized carbons (Fsp3) is 0.900. The highest BCUT2D eigenvalue weighted by Crippen LogP contribution is 2.33. The molecular formula is C10H18N2O. The van der Waals surface area contributed by atoms with E-state index in [1.54, 1.807) is 7.11 Å². The Morgan fingerprint density at radius 2 is 2.23 bits per heavy atom. The molecule has 0 aromatic carbocycles. The fourth-order valence-corrected chi connectivity index (χ4v) is 2.61. The number of piperidine rings is 3. The summed E-state index contributed by atoms with van der Waals surface area (Å²) < 4.78 is 0. The molecule has 3 saturated heterocycles. The molecule has 2 bridgehead atoms. The third-order valence-corrected chi connectivity index (χ3v) is 3.38. The second-order valence-corrected chi connectivity index (χ2v) is 4.10. The Morgan fingerprint density at radius 3 is 2.77 bits per heavy atom. The largest absolute Gasteiger partial charge is 0.399 e. The molecule has 74 valence electrons. The summed E-state index contributed by atoms with van der Waals surface area (Å²) in [5.74, 6) is 1.79. The van der Waals surface area contributed by atoms with E-state index in [4.69, 9.17) is 0 Å². The molecule has 1 atom stereocenters. The predicted octanol–water partition coefficient (Wildman–Crippen LogP) is 1.35. The minimum Gasteiger partial charge on any atom is -0.399 e. The quantitative estimate of drug-likeness (QED) is 0.486. The molecule has 3 aliphatic rings. The van der Waals surface area contributed by atoms with E-state index in [2.05, 4.69) is 14.9 Å². The van der Waals surface area contributed by atoms with Gasteiger partial charge < -0.3 is 9.74 Å². The molecule has 3 heteroatoms. The second-order valence-electron chi connectivity index (χ2n) is 4.10. The van der Waals surface area contributed by atoms with Gasteiger partial charge in [-0.15, -0.1) is 0 Å². The average molecular weight is 182 g/mol. The molecule has 0 aliphatic carbocycles. The Morgan fingerprint density at radius 1 is 1.46 bits per heavy atom. The van der Waals surface area contributed by atoms with Crippen LogP contribution in [0.5, 0.6) is 0 Å². The number of hydrogen-bond donors (Lipinski definition) is 0. The summed E-state index contributed by atoms with van der Waals surface area (Å²) in [4.78, 5) is 7.24. The molecular weight excluding hydrogens is 164 g/mol. The van der Waals surface area contributed by atoms with Crippen molar-refractivity contribution in [2.75, 3.05) is 26.7 Å².